The normalized spacial score (nSPS) is 15.0. The number of thioether (sulfide) groups is 1. The number of carbonyl (C=O) groups excluding carboxylic acids is 1. The second-order valence-corrected chi connectivity index (χ2v) is 8.22. The maximum Gasteiger partial charge on any atom is 0.232 e. The molecule has 1 aromatic heterocycles. The summed E-state index contributed by atoms with van der Waals surface area (Å²) in [6.45, 7) is 2.70. The minimum atomic E-state index is 0.279. The molecule has 0 bridgehead atoms. The Labute approximate surface area is 165 Å². The fourth-order valence-corrected chi connectivity index (χ4v) is 4.78. The molecule has 0 saturated carbocycles. The highest BCUT2D eigenvalue weighted by atomic mass is 32.2. The van der Waals surface area contributed by atoms with Crippen molar-refractivity contribution >= 4 is 28.6 Å². The summed E-state index contributed by atoms with van der Waals surface area (Å²) in [6, 6.07) is 19.0. The quantitative estimate of drug-likeness (QED) is 0.571. The van der Waals surface area contributed by atoms with Gasteiger partial charge < -0.3 is 9.47 Å². The lowest BCUT2D eigenvalue weighted by Crippen LogP contribution is -2.33. The van der Waals surface area contributed by atoms with Crippen LogP contribution in [-0.2, 0) is 11.3 Å². The van der Waals surface area contributed by atoms with E-state index in [1.807, 2.05) is 6.07 Å². The van der Waals surface area contributed by atoms with E-state index >= 15 is 0 Å². The summed E-state index contributed by atoms with van der Waals surface area (Å²) in [7, 11) is 0. The number of rotatable bonds is 5. The summed E-state index contributed by atoms with van der Waals surface area (Å²) in [5.74, 6) is 0.807. The Morgan fingerprint density at radius 2 is 1.59 bits per heavy atom. The molecule has 1 saturated heterocycles. The molecular weight excluding hydrogens is 352 g/mol. The number of carbonyl (C=O) groups is 1. The van der Waals surface area contributed by atoms with Gasteiger partial charge in [-0.05, 0) is 24.5 Å². The summed E-state index contributed by atoms with van der Waals surface area (Å²) < 4.78 is 2.30. The van der Waals surface area contributed by atoms with Gasteiger partial charge in [-0.3, -0.25) is 4.79 Å². The van der Waals surface area contributed by atoms with Gasteiger partial charge in [-0.25, -0.2) is 0 Å². The first-order chi connectivity index (χ1) is 13.3. The van der Waals surface area contributed by atoms with Crippen LogP contribution in [0.2, 0.25) is 0 Å². The predicted molar refractivity (Wildman–Crippen MR) is 113 cm³/mol. The smallest absolute Gasteiger partial charge is 0.232 e. The average Bonchev–Trinajstić information content (AvgIpc) is 2.87. The molecule has 0 unspecified atom stereocenters. The number of aromatic nitrogens is 1. The molecule has 0 atom stereocenters. The Bertz CT molecular complexity index is 895. The number of benzene rings is 2. The Morgan fingerprint density at radius 1 is 0.889 bits per heavy atom. The summed E-state index contributed by atoms with van der Waals surface area (Å²) in [5.41, 5.74) is 2.52. The molecule has 1 fully saturated rings. The van der Waals surface area contributed by atoms with Gasteiger partial charge in [-0.1, -0.05) is 61.4 Å². The lowest BCUT2D eigenvalue weighted by molar-refractivity contribution is -0.128. The van der Waals surface area contributed by atoms with Gasteiger partial charge in [0.15, 0.2) is 0 Å². The zero-order chi connectivity index (χ0) is 18.5. The second kappa shape index (κ2) is 8.66. The van der Waals surface area contributed by atoms with Crippen molar-refractivity contribution in [2.75, 3.05) is 18.8 Å². The number of amides is 1. The number of likely N-dealkylation sites (tertiary alicyclic amines) is 1. The van der Waals surface area contributed by atoms with E-state index in [-0.39, 0.29) is 5.91 Å². The van der Waals surface area contributed by atoms with Gasteiger partial charge >= 0.3 is 0 Å². The molecular formula is C23H26N2OS. The number of nitrogens with zero attached hydrogens (tertiary/aromatic N) is 2. The highest BCUT2D eigenvalue weighted by molar-refractivity contribution is 8.00. The highest BCUT2D eigenvalue weighted by Crippen LogP contribution is 2.31. The van der Waals surface area contributed by atoms with Crippen LogP contribution in [0.15, 0.2) is 65.7 Å². The Morgan fingerprint density at radius 3 is 2.37 bits per heavy atom. The molecule has 1 amide bonds. The molecule has 1 aliphatic heterocycles. The first kappa shape index (κ1) is 18.2. The van der Waals surface area contributed by atoms with Crippen molar-refractivity contribution in [1.29, 1.82) is 0 Å². The topological polar surface area (TPSA) is 25.2 Å². The van der Waals surface area contributed by atoms with E-state index < -0.39 is 0 Å². The SMILES string of the molecule is O=C(CSc1cn(Cc2ccccc2)c2ccccc12)N1CCCCCC1. The first-order valence-electron chi connectivity index (χ1n) is 9.83. The van der Waals surface area contributed by atoms with E-state index in [1.165, 1.54) is 34.2 Å². The maximum absolute atomic E-state index is 12.7. The van der Waals surface area contributed by atoms with Crippen molar-refractivity contribution in [3.8, 4) is 0 Å². The highest BCUT2D eigenvalue weighted by Gasteiger charge is 2.17. The van der Waals surface area contributed by atoms with Crippen LogP contribution in [0.1, 0.15) is 31.2 Å². The van der Waals surface area contributed by atoms with E-state index in [1.54, 1.807) is 11.8 Å². The fraction of sp³-hybridized carbons (Fsp3) is 0.348. The third kappa shape index (κ3) is 4.38. The van der Waals surface area contributed by atoms with Crippen LogP contribution < -0.4 is 0 Å². The summed E-state index contributed by atoms with van der Waals surface area (Å²) >= 11 is 1.68. The largest absolute Gasteiger partial charge is 0.342 e. The van der Waals surface area contributed by atoms with Crippen LogP contribution in [0.4, 0.5) is 0 Å². The van der Waals surface area contributed by atoms with Crippen LogP contribution in [0, 0.1) is 0 Å². The molecule has 1 aliphatic rings. The molecule has 4 rings (SSSR count). The predicted octanol–water partition coefficient (Wildman–Crippen LogP) is 5.18. The number of hydrogen-bond acceptors (Lipinski definition) is 2. The summed E-state index contributed by atoms with van der Waals surface area (Å²) in [4.78, 5) is 15.9. The molecule has 27 heavy (non-hydrogen) atoms. The average molecular weight is 379 g/mol. The van der Waals surface area contributed by atoms with Gasteiger partial charge in [0.05, 0.1) is 5.75 Å². The van der Waals surface area contributed by atoms with Crippen molar-refractivity contribution in [3.63, 3.8) is 0 Å². The van der Waals surface area contributed by atoms with Gasteiger partial charge in [0, 0.05) is 41.6 Å². The van der Waals surface area contributed by atoms with E-state index in [0.717, 1.165) is 32.5 Å². The van der Waals surface area contributed by atoms with Crippen LogP contribution in [0.25, 0.3) is 10.9 Å². The molecule has 0 spiro atoms. The van der Waals surface area contributed by atoms with Gasteiger partial charge in [-0.2, -0.15) is 0 Å². The lowest BCUT2D eigenvalue weighted by Gasteiger charge is -2.19. The van der Waals surface area contributed by atoms with Gasteiger partial charge in [-0.15, -0.1) is 11.8 Å². The third-order valence-corrected chi connectivity index (χ3v) is 6.29. The molecule has 2 heterocycles. The lowest BCUT2D eigenvalue weighted by atomic mass is 10.2. The van der Waals surface area contributed by atoms with Crippen LogP contribution >= 0.6 is 11.8 Å². The Kier molecular flexibility index (Phi) is 5.83. The molecule has 4 heteroatoms. The zero-order valence-corrected chi connectivity index (χ0v) is 16.5. The zero-order valence-electron chi connectivity index (χ0n) is 15.6. The van der Waals surface area contributed by atoms with Crippen molar-refractivity contribution in [2.24, 2.45) is 0 Å². The van der Waals surface area contributed by atoms with E-state index in [4.69, 9.17) is 0 Å². The van der Waals surface area contributed by atoms with Crippen molar-refractivity contribution < 1.29 is 4.79 Å². The number of fused-ring (bicyclic) bond motifs is 1. The molecule has 2 aromatic carbocycles. The monoisotopic (exact) mass is 378 g/mol. The molecule has 140 valence electrons. The molecule has 0 N–H and O–H groups in total. The standard InChI is InChI=1S/C23H26N2OS/c26-23(24-14-8-1-2-9-15-24)18-27-22-17-25(16-19-10-4-3-5-11-19)21-13-7-6-12-20(21)22/h3-7,10-13,17H,1-2,8-9,14-16,18H2. The molecule has 0 radical (unpaired) electrons. The fourth-order valence-electron chi connectivity index (χ4n) is 3.79. The molecule has 3 aromatic rings. The summed E-state index contributed by atoms with van der Waals surface area (Å²) in [6.07, 6.45) is 7.01. The van der Waals surface area contributed by atoms with Gasteiger partial charge in [0.25, 0.3) is 0 Å². The number of hydrogen-bond donors (Lipinski definition) is 0. The van der Waals surface area contributed by atoms with Crippen LogP contribution in [0.3, 0.4) is 0 Å². The van der Waals surface area contributed by atoms with Crippen molar-refractivity contribution in [1.82, 2.24) is 9.47 Å². The van der Waals surface area contributed by atoms with Crippen LogP contribution in [0.5, 0.6) is 0 Å². The molecule has 3 nitrogen and oxygen atoms in total. The van der Waals surface area contributed by atoms with Crippen molar-refractivity contribution in [2.45, 2.75) is 37.1 Å². The summed E-state index contributed by atoms with van der Waals surface area (Å²) in [5, 5.41) is 1.24. The minimum Gasteiger partial charge on any atom is -0.342 e. The minimum absolute atomic E-state index is 0.279. The third-order valence-electron chi connectivity index (χ3n) is 5.26. The Hall–Kier alpha value is -2.20. The number of para-hydroxylation sites is 1. The maximum atomic E-state index is 12.7. The van der Waals surface area contributed by atoms with E-state index in [9.17, 15) is 4.79 Å². The van der Waals surface area contributed by atoms with E-state index in [0.29, 0.717) is 5.75 Å². The first-order valence-corrected chi connectivity index (χ1v) is 10.8. The van der Waals surface area contributed by atoms with Gasteiger partial charge in [0.1, 0.15) is 0 Å². The Balaban J connectivity index is 1.50. The molecule has 0 aliphatic carbocycles. The second-order valence-electron chi connectivity index (χ2n) is 7.21. The van der Waals surface area contributed by atoms with Crippen molar-refractivity contribution in [3.05, 3.63) is 66.4 Å². The van der Waals surface area contributed by atoms with Crippen LogP contribution in [-0.4, -0.2) is 34.2 Å². The van der Waals surface area contributed by atoms with E-state index in [2.05, 4.69) is 64.2 Å². The van der Waals surface area contributed by atoms with Gasteiger partial charge in [0.2, 0.25) is 5.91 Å².